The van der Waals surface area contributed by atoms with E-state index in [0.29, 0.717) is 24.8 Å². The second-order valence-electron chi connectivity index (χ2n) is 13.0. The van der Waals surface area contributed by atoms with Crippen LogP contribution in [0.3, 0.4) is 0 Å². The molecule has 0 aliphatic heterocycles. The second-order valence-corrected chi connectivity index (χ2v) is 14.1. The van der Waals surface area contributed by atoms with Crippen molar-refractivity contribution in [2.75, 3.05) is 0 Å². The van der Waals surface area contributed by atoms with Crippen molar-refractivity contribution in [2.45, 2.75) is 187 Å². The molecule has 0 amide bonds. The van der Waals surface area contributed by atoms with Crippen LogP contribution in [0.15, 0.2) is 18.2 Å². The molecule has 0 heterocycles. The highest BCUT2D eigenvalue weighted by Crippen LogP contribution is 2.32. The molecular formula is C37H64O9S. The molecule has 272 valence electrons. The number of phenols is 1. The van der Waals surface area contributed by atoms with Crippen LogP contribution in [0.25, 0.3) is 0 Å². The van der Waals surface area contributed by atoms with Gasteiger partial charge in [-0.05, 0) is 34.5 Å². The average Bonchev–Trinajstić information content (AvgIpc) is 3.05. The van der Waals surface area contributed by atoms with Crippen molar-refractivity contribution >= 4 is 22.3 Å². The van der Waals surface area contributed by atoms with Crippen molar-refractivity contribution in [2.24, 2.45) is 0 Å². The van der Waals surface area contributed by atoms with Crippen LogP contribution >= 0.6 is 0 Å². The maximum Gasteiger partial charge on any atom is 0.471 e. The molecule has 1 N–H and O–H groups in total. The molecule has 0 spiro atoms. The summed E-state index contributed by atoms with van der Waals surface area (Å²) in [5.74, 6) is -2.88. The molecule has 0 bridgehead atoms. The van der Waals surface area contributed by atoms with Gasteiger partial charge in [-0.2, -0.15) is 8.42 Å². The smallest absolute Gasteiger partial charge is 0.471 e. The van der Waals surface area contributed by atoms with Crippen LogP contribution < -0.4 is 0 Å². The van der Waals surface area contributed by atoms with Gasteiger partial charge in [-0.3, -0.25) is 9.78 Å². The number of rotatable bonds is 31. The normalized spacial score (nSPS) is 12.2. The van der Waals surface area contributed by atoms with E-state index in [9.17, 15) is 23.1 Å². The summed E-state index contributed by atoms with van der Waals surface area (Å²) in [5, 5.41) is 10.4. The molecule has 0 aliphatic carbocycles. The molecule has 0 saturated heterocycles. The van der Waals surface area contributed by atoms with E-state index in [0.717, 1.165) is 44.1 Å². The van der Waals surface area contributed by atoms with E-state index in [-0.39, 0.29) is 12.2 Å². The molecule has 0 aromatic heterocycles. The molecule has 1 rings (SSSR count). The number of aryl methyl sites for hydroxylation is 1. The van der Waals surface area contributed by atoms with Crippen LogP contribution in [0.2, 0.25) is 0 Å². The van der Waals surface area contributed by atoms with Crippen molar-refractivity contribution in [3.05, 3.63) is 29.3 Å². The summed E-state index contributed by atoms with van der Waals surface area (Å²) in [6.07, 6.45) is 26.6. The van der Waals surface area contributed by atoms with Crippen molar-refractivity contribution in [3.8, 4) is 5.75 Å². The van der Waals surface area contributed by atoms with Crippen molar-refractivity contribution in [1.29, 1.82) is 0 Å². The molecule has 10 heteroatoms. The minimum Gasteiger partial charge on any atom is -0.508 e. The number of unbranched alkanes of at least 4 members (excludes halogenated alkanes) is 21. The van der Waals surface area contributed by atoms with Gasteiger partial charge in [0.1, 0.15) is 5.75 Å². The van der Waals surface area contributed by atoms with Gasteiger partial charge in [0.2, 0.25) is 0 Å². The van der Waals surface area contributed by atoms with Gasteiger partial charge in [0.15, 0.2) is 0 Å². The Morgan fingerprint density at radius 3 is 1.55 bits per heavy atom. The first kappa shape index (κ1) is 42.9. The summed E-state index contributed by atoms with van der Waals surface area (Å²) in [6.45, 7) is 6.27. The zero-order valence-corrected chi connectivity index (χ0v) is 30.4. The fraction of sp³-hybridized carbons (Fsp3) is 0.784. The first-order valence-corrected chi connectivity index (χ1v) is 19.9. The van der Waals surface area contributed by atoms with Crippen LogP contribution in [0.4, 0.5) is 0 Å². The minimum absolute atomic E-state index is 0.000401. The Balaban J connectivity index is 2.36. The lowest BCUT2D eigenvalue weighted by Gasteiger charge is -2.17. The van der Waals surface area contributed by atoms with Crippen LogP contribution in [0.1, 0.15) is 191 Å². The molecule has 0 fully saturated rings. The van der Waals surface area contributed by atoms with E-state index >= 15 is 0 Å². The maximum atomic E-state index is 13.0. The second kappa shape index (κ2) is 27.7. The fourth-order valence-electron chi connectivity index (χ4n) is 5.74. The van der Waals surface area contributed by atoms with Gasteiger partial charge in [-0.1, -0.05) is 173 Å². The van der Waals surface area contributed by atoms with Gasteiger partial charge in [0.05, 0.1) is 5.92 Å². The van der Waals surface area contributed by atoms with E-state index in [4.69, 9.17) is 0 Å². The molecule has 1 aromatic rings. The van der Waals surface area contributed by atoms with E-state index in [1.165, 1.54) is 102 Å². The number of hydrogen-bond donors (Lipinski definition) is 1. The van der Waals surface area contributed by atoms with Crippen molar-refractivity contribution < 1.29 is 41.6 Å². The monoisotopic (exact) mass is 684 g/mol. The molecule has 1 atom stereocenters. The Labute approximate surface area is 285 Å². The van der Waals surface area contributed by atoms with Gasteiger partial charge in [-0.15, -0.1) is 0 Å². The lowest BCUT2D eigenvalue weighted by molar-refractivity contribution is -0.246. The lowest BCUT2D eigenvalue weighted by atomic mass is 9.91. The van der Waals surface area contributed by atoms with Gasteiger partial charge in [0.25, 0.3) is 0 Å². The zero-order chi connectivity index (χ0) is 34.6. The van der Waals surface area contributed by atoms with E-state index in [1.54, 1.807) is 12.1 Å². The Morgan fingerprint density at radius 2 is 1.06 bits per heavy atom. The summed E-state index contributed by atoms with van der Waals surface area (Å²) in [4.78, 5) is 33.9. The van der Waals surface area contributed by atoms with Gasteiger partial charge in [0, 0.05) is 12.0 Å². The molecule has 1 unspecified atom stereocenters. The maximum absolute atomic E-state index is 13.0. The number of carbonyl (C=O) groups excluding carboxylic acids is 2. The predicted octanol–water partition coefficient (Wildman–Crippen LogP) is 10.8. The molecular weight excluding hydrogens is 620 g/mol. The number of phenolic OH excluding ortho intramolecular Hbond substituents is 1. The van der Waals surface area contributed by atoms with Crippen LogP contribution in [-0.4, -0.2) is 25.5 Å². The molecule has 1 aromatic carbocycles. The lowest BCUT2D eigenvalue weighted by Crippen LogP contribution is -2.21. The molecule has 47 heavy (non-hydrogen) atoms. The summed E-state index contributed by atoms with van der Waals surface area (Å²) < 4.78 is 32.7. The van der Waals surface area contributed by atoms with Crippen molar-refractivity contribution in [3.63, 3.8) is 0 Å². The first-order chi connectivity index (χ1) is 22.7. The third-order valence-corrected chi connectivity index (χ3v) is 9.05. The van der Waals surface area contributed by atoms with E-state index < -0.39 is 28.3 Å². The first-order valence-electron chi connectivity index (χ1n) is 18.5. The Hall–Kier alpha value is -2.17. The highest BCUT2D eigenvalue weighted by atomic mass is 32.3. The van der Waals surface area contributed by atoms with Gasteiger partial charge >= 0.3 is 22.3 Å². The molecule has 9 nitrogen and oxygen atoms in total. The number of carbonyl (C=O) groups is 2. The topological polar surface area (TPSA) is 125 Å². The van der Waals surface area contributed by atoms with E-state index in [2.05, 4.69) is 32.3 Å². The minimum atomic E-state index is -4.96. The van der Waals surface area contributed by atoms with Crippen LogP contribution in [-0.2, 0) is 38.4 Å². The highest BCUT2D eigenvalue weighted by molar-refractivity contribution is 7.81. The Kier molecular flexibility index (Phi) is 25.3. The predicted molar refractivity (Wildman–Crippen MR) is 186 cm³/mol. The Morgan fingerprint density at radius 1 is 0.638 bits per heavy atom. The Bertz CT molecular complexity index is 1060. The summed E-state index contributed by atoms with van der Waals surface area (Å²) in [7, 11) is -4.96. The fourth-order valence-corrected chi connectivity index (χ4v) is 6.07. The SMILES string of the molecule is CCCCCCCCCCCCCCC(=O)OOS(=O)(=O)OOC(=O)C(CCCCCCCCCCCCC)c1cc(C)ccc1O. The summed E-state index contributed by atoms with van der Waals surface area (Å²) in [5.41, 5.74) is 1.16. The quantitative estimate of drug-likeness (QED) is 0.0462. The molecule has 0 radical (unpaired) electrons. The number of benzene rings is 1. The number of hydrogen-bond acceptors (Lipinski definition) is 9. The molecule has 0 aliphatic rings. The third-order valence-electron chi connectivity index (χ3n) is 8.58. The zero-order valence-electron chi connectivity index (χ0n) is 29.6. The van der Waals surface area contributed by atoms with Crippen LogP contribution in [0, 0.1) is 6.92 Å². The standard InChI is InChI=1S/C37H64O9S/c1-4-6-8-10-12-14-16-18-20-22-24-26-28-36(39)43-45-47(41,42)46-44-37(40)33(34-31-32(3)29-30-35(34)38)27-25-23-21-19-17-15-13-11-9-7-5-2/h29-31,33,38H,4-28H2,1-3H3. The third kappa shape index (κ3) is 22.9. The summed E-state index contributed by atoms with van der Waals surface area (Å²) in [6, 6.07) is 4.87. The summed E-state index contributed by atoms with van der Waals surface area (Å²) >= 11 is 0. The van der Waals surface area contributed by atoms with Gasteiger partial charge < -0.3 is 5.11 Å². The van der Waals surface area contributed by atoms with Crippen molar-refractivity contribution in [1.82, 2.24) is 0 Å². The van der Waals surface area contributed by atoms with Gasteiger partial charge in [-0.25, -0.2) is 9.59 Å². The average molecular weight is 685 g/mol. The number of aromatic hydroxyl groups is 1. The van der Waals surface area contributed by atoms with E-state index in [1.807, 2.05) is 6.92 Å². The van der Waals surface area contributed by atoms with Crippen LogP contribution in [0.5, 0.6) is 5.75 Å². The largest absolute Gasteiger partial charge is 0.508 e. The molecule has 0 saturated carbocycles. The highest BCUT2D eigenvalue weighted by Gasteiger charge is 2.29.